The van der Waals surface area contributed by atoms with E-state index in [1.165, 1.54) is 19.2 Å². The Morgan fingerprint density at radius 2 is 2.05 bits per heavy atom. The lowest BCUT2D eigenvalue weighted by Gasteiger charge is -2.09. The first-order chi connectivity index (χ1) is 9.58. The standard InChI is InChI=1S/C15H11FN2O2/c1-18-13(19)8-10(15(18)20)7-11-12(16)5-4-9-3-2-6-17-14(9)11/h2-6,8H,7H2,1H3. The topological polar surface area (TPSA) is 50.3 Å². The summed E-state index contributed by atoms with van der Waals surface area (Å²) >= 11 is 0. The molecule has 0 spiro atoms. The number of nitrogens with zero attached hydrogens (tertiary/aromatic N) is 2. The summed E-state index contributed by atoms with van der Waals surface area (Å²) in [6.07, 6.45) is 2.89. The van der Waals surface area contributed by atoms with Gasteiger partial charge in [0, 0.05) is 42.3 Å². The first-order valence-corrected chi connectivity index (χ1v) is 6.12. The van der Waals surface area contributed by atoms with E-state index >= 15 is 0 Å². The van der Waals surface area contributed by atoms with Crippen molar-refractivity contribution in [2.24, 2.45) is 0 Å². The van der Waals surface area contributed by atoms with E-state index in [-0.39, 0.29) is 23.8 Å². The maximum atomic E-state index is 14.0. The number of carbonyl (C=O) groups excluding carboxylic acids is 2. The molecule has 5 heteroatoms. The van der Waals surface area contributed by atoms with E-state index in [9.17, 15) is 14.0 Å². The molecular weight excluding hydrogens is 259 g/mol. The van der Waals surface area contributed by atoms with E-state index in [4.69, 9.17) is 0 Å². The van der Waals surface area contributed by atoms with Crippen LogP contribution < -0.4 is 0 Å². The van der Waals surface area contributed by atoms with E-state index in [0.29, 0.717) is 11.1 Å². The molecule has 1 aliphatic heterocycles. The second-order valence-corrected chi connectivity index (χ2v) is 4.65. The number of fused-ring (bicyclic) bond motifs is 1. The van der Waals surface area contributed by atoms with E-state index < -0.39 is 5.82 Å². The average Bonchev–Trinajstić information content (AvgIpc) is 2.69. The van der Waals surface area contributed by atoms with Gasteiger partial charge in [-0.3, -0.25) is 19.5 Å². The number of amides is 2. The molecular formula is C15H11FN2O2. The Bertz CT molecular complexity index is 768. The molecule has 0 N–H and O–H groups in total. The second-order valence-electron chi connectivity index (χ2n) is 4.65. The van der Waals surface area contributed by atoms with Gasteiger partial charge in [-0.25, -0.2) is 4.39 Å². The zero-order chi connectivity index (χ0) is 14.3. The van der Waals surface area contributed by atoms with Crippen molar-refractivity contribution in [1.29, 1.82) is 0 Å². The molecule has 2 heterocycles. The lowest BCUT2D eigenvalue weighted by molar-refractivity contribution is -0.135. The Morgan fingerprint density at radius 1 is 1.25 bits per heavy atom. The number of halogens is 1. The molecule has 1 aliphatic rings. The Hall–Kier alpha value is -2.56. The molecule has 20 heavy (non-hydrogen) atoms. The number of pyridine rings is 1. The lowest BCUT2D eigenvalue weighted by Crippen LogP contribution is -2.26. The van der Waals surface area contributed by atoms with Crippen LogP contribution in [0.2, 0.25) is 0 Å². The predicted octanol–water partition coefficient (Wildman–Crippen LogP) is 1.84. The molecule has 0 saturated carbocycles. The van der Waals surface area contributed by atoms with E-state index in [1.807, 2.05) is 6.07 Å². The first kappa shape index (κ1) is 12.5. The number of likely N-dealkylation sites (N-methyl/N-ethyl adjacent to an activating group) is 1. The number of hydrogen-bond donors (Lipinski definition) is 0. The molecule has 0 aliphatic carbocycles. The number of aromatic nitrogens is 1. The van der Waals surface area contributed by atoms with Gasteiger partial charge in [-0.2, -0.15) is 0 Å². The quantitative estimate of drug-likeness (QED) is 0.782. The van der Waals surface area contributed by atoms with Gasteiger partial charge in [-0.05, 0) is 18.2 Å². The monoisotopic (exact) mass is 270 g/mol. The fourth-order valence-electron chi connectivity index (χ4n) is 2.29. The zero-order valence-corrected chi connectivity index (χ0v) is 10.8. The maximum Gasteiger partial charge on any atom is 0.256 e. The maximum absolute atomic E-state index is 14.0. The van der Waals surface area contributed by atoms with Crippen LogP contribution in [0, 0.1) is 5.82 Å². The summed E-state index contributed by atoms with van der Waals surface area (Å²) in [5, 5.41) is 0.801. The predicted molar refractivity (Wildman–Crippen MR) is 71.3 cm³/mol. The van der Waals surface area contributed by atoms with Crippen LogP contribution in [0.3, 0.4) is 0 Å². The van der Waals surface area contributed by atoms with Crippen molar-refractivity contribution < 1.29 is 14.0 Å². The average molecular weight is 270 g/mol. The highest BCUT2D eigenvalue weighted by Crippen LogP contribution is 2.24. The van der Waals surface area contributed by atoms with Gasteiger partial charge >= 0.3 is 0 Å². The van der Waals surface area contributed by atoms with Crippen molar-refractivity contribution in [3.8, 4) is 0 Å². The smallest absolute Gasteiger partial charge is 0.256 e. The van der Waals surface area contributed by atoms with Crippen molar-refractivity contribution in [1.82, 2.24) is 9.88 Å². The van der Waals surface area contributed by atoms with Crippen LogP contribution in [0.5, 0.6) is 0 Å². The van der Waals surface area contributed by atoms with Crippen molar-refractivity contribution in [2.75, 3.05) is 7.05 Å². The highest BCUT2D eigenvalue weighted by Gasteiger charge is 2.28. The van der Waals surface area contributed by atoms with Crippen LogP contribution in [0.25, 0.3) is 10.9 Å². The third-order valence-corrected chi connectivity index (χ3v) is 3.40. The molecule has 0 fully saturated rings. The third-order valence-electron chi connectivity index (χ3n) is 3.40. The summed E-state index contributed by atoms with van der Waals surface area (Å²) < 4.78 is 14.0. The number of carbonyl (C=O) groups is 2. The minimum atomic E-state index is -0.424. The summed E-state index contributed by atoms with van der Waals surface area (Å²) in [4.78, 5) is 28.5. The van der Waals surface area contributed by atoms with Gasteiger partial charge < -0.3 is 0 Å². The fraction of sp³-hybridized carbons (Fsp3) is 0.133. The second kappa shape index (κ2) is 4.52. The van der Waals surface area contributed by atoms with E-state index in [2.05, 4.69) is 4.98 Å². The molecule has 0 saturated heterocycles. The molecule has 3 rings (SSSR count). The number of benzene rings is 1. The zero-order valence-electron chi connectivity index (χ0n) is 10.8. The van der Waals surface area contributed by atoms with Crippen LogP contribution >= 0.6 is 0 Å². The molecule has 100 valence electrons. The molecule has 0 atom stereocenters. The number of imide groups is 1. The van der Waals surface area contributed by atoms with Crippen molar-refractivity contribution >= 4 is 22.7 Å². The van der Waals surface area contributed by atoms with Gasteiger partial charge in [-0.15, -0.1) is 0 Å². The summed E-state index contributed by atoms with van der Waals surface area (Å²) in [5.74, 6) is -1.19. The first-order valence-electron chi connectivity index (χ1n) is 6.12. The summed E-state index contributed by atoms with van der Waals surface area (Å²) in [5.41, 5.74) is 1.14. The summed E-state index contributed by atoms with van der Waals surface area (Å²) in [7, 11) is 1.41. The Balaban J connectivity index is 2.08. The molecule has 1 aromatic heterocycles. The van der Waals surface area contributed by atoms with Gasteiger partial charge in [0.05, 0.1) is 5.52 Å². The highest BCUT2D eigenvalue weighted by molar-refractivity contribution is 6.16. The number of hydrogen-bond acceptors (Lipinski definition) is 3. The van der Waals surface area contributed by atoms with Crippen molar-refractivity contribution in [3.63, 3.8) is 0 Å². The van der Waals surface area contributed by atoms with Crippen LogP contribution in [-0.2, 0) is 16.0 Å². The normalized spacial score (nSPS) is 15.1. The molecule has 0 unspecified atom stereocenters. The molecule has 0 radical (unpaired) electrons. The van der Waals surface area contributed by atoms with Gasteiger partial charge in [0.15, 0.2) is 0 Å². The largest absolute Gasteiger partial charge is 0.278 e. The van der Waals surface area contributed by atoms with Crippen LogP contribution in [-0.4, -0.2) is 28.7 Å². The van der Waals surface area contributed by atoms with Crippen LogP contribution in [0.1, 0.15) is 5.56 Å². The van der Waals surface area contributed by atoms with Crippen LogP contribution in [0.15, 0.2) is 42.1 Å². The highest BCUT2D eigenvalue weighted by atomic mass is 19.1. The van der Waals surface area contributed by atoms with E-state index in [0.717, 1.165) is 10.3 Å². The SMILES string of the molecule is CN1C(=O)C=C(Cc2c(F)ccc3cccnc23)C1=O. The summed E-state index contributed by atoms with van der Waals surface area (Å²) in [6, 6.07) is 6.59. The van der Waals surface area contributed by atoms with Gasteiger partial charge in [0.1, 0.15) is 5.82 Å². The Labute approximate surface area is 114 Å². The minimum absolute atomic E-state index is 0.0646. The molecule has 1 aromatic carbocycles. The Morgan fingerprint density at radius 3 is 2.75 bits per heavy atom. The molecule has 0 bridgehead atoms. The number of rotatable bonds is 2. The summed E-state index contributed by atoms with van der Waals surface area (Å²) in [6.45, 7) is 0. The Kier molecular flexibility index (Phi) is 2.82. The third kappa shape index (κ3) is 1.87. The minimum Gasteiger partial charge on any atom is -0.278 e. The van der Waals surface area contributed by atoms with Gasteiger partial charge in [-0.1, -0.05) is 6.07 Å². The molecule has 2 aromatic rings. The lowest BCUT2D eigenvalue weighted by atomic mass is 10.0. The molecule has 4 nitrogen and oxygen atoms in total. The van der Waals surface area contributed by atoms with Gasteiger partial charge in [0.2, 0.25) is 0 Å². The van der Waals surface area contributed by atoms with Crippen molar-refractivity contribution in [2.45, 2.75) is 6.42 Å². The van der Waals surface area contributed by atoms with Crippen LogP contribution in [0.4, 0.5) is 4.39 Å². The van der Waals surface area contributed by atoms with E-state index in [1.54, 1.807) is 18.3 Å². The fourth-order valence-corrected chi connectivity index (χ4v) is 2.29. The van der Waals surface area contributed by atoms with Gasteiger partial charge in [0.25, 0.3) is 11.8 Å². The molecule has 2 amide bonds. The van der Waals surface area contributed by atoms with Crippen molar-refractivity contribution in [3.05, 3.63) is 53.5 Å².